The van der Waals surface area contributed by atoms with Crippen LogP contribution in [0.25, 0.3) is 0 Å². The number of hydrogen-bond acceptors (Lipinski definition) is 5. The van der Waals surface area contributed by atoms with Crippen LogP contribution in [0.4, 0.5) is 0 Å². The molecule has 1 atom stereocenters. The number of halogens is 1. The zero-order valence-corrected chi connectivity index (χ0v) is 16.4. The highest BCUT2D eigenvalue weighted by atomic mass is 35.5. The van der Waals surface area contributed by atoms with E-state index in [-0.39, 0.29) is 6.10 Å². The third kappa shape index (κ3) is 4.31. The first-order valence-corrected chi connectivity index (χ1v) is 9.51. The largest absolute Gasteiger partial charge is 0.497 e. The highest BCUT2D eigenvalue weighted by molar-refractivity contribution is 7.98. The van der Waals surface area contributed by atoms with Crippen LogP contribution in [-0.2, 0) is 12.8 Å². The molecule has 3 aromatic rings. The van der Waals surface area contributed by atoms with E-state index in [4.69, 9.17) is 21.1 Å². The highest BCUT2D eigenvalue weighted by Gasteiger charge is 2.17. The van der Waals surface area contributed by atoms with Gasteiger partial charge >= 0.3 is 0 Å². The Hall–Kier alpha value is -2.18. The summed E-state index contributed by atoms with van der Waals surface area (Å²) < 4.78 is 13.2. The molecular formula is C19H20ClN3O2S. The molecule has 0 aliphatic carbocycles. The SMILES string of the molecule is COc1cccc(OC(C)c2nnc(SCc3ccccc3Cl)n2C)c1. The topological polar surface area (TPSA) is 49.2 Å². The first-order valence-electron chi connectivity index (χ1n) is 8.14. The summed E-state index contributed by atoms with van der Waals surface area (Å²) in [6, 6.07) is 15.3. The summed E-state index contributed by atoms with van der Waals surface area (Å²) in [5.74, 6) is 2.97. The number of thioether (sulfide) groups is 1. The number of benzene rings is 2. The summed E-state index contributed by atoms with van der Waals surface area (Å²) in [4.78, 5) is 0. The molecule has 0 bridgehead atoms. The number of ether oxygens (including phenoxy) is 2. The molecule has 1 unspecified atom stereocenters. The van der Waals surface area contributed by atoms with Gasteiger partial charge in [0.15, 0.2) is 17.1 Å². The van der Waals surface area contributed by atoms with Crippen molar-refractivity contribution in [2.24, 2.45) is 7.05 Å². The van der Waals surface area contributed by atoms with Crippen LogP contribution in [0.1, 0.15) is 24.4 Å². The van der Waals surface area contributed by atoms with Crippen LogP contribution in [0.2, 0.25) is 5.02 Å². The zero-order chi connectivity index (χ0) is 18.5. The Bertz CT molecular complexity index is 885. The Morgan fingerprint density at radius 3 is 2.65 bits per heavy atom. The van der Waals surface area contributed by atoms with E-state index >= 15 is 0 Å². The van der Waals surface area contributed by atoms with Gasteiger partial charge in [-0.3, -0.25) is 0 Å². The van der Waals surface area contributed by atoms with Crippen molar-refractivity contribution in [3.63, 3.8) is 0 Å². The average molecular weight is 390 g/mol. The van der Waals surface area contributed by atoms with Gasteiger partial charge in [-0.15, -0.1) is 10.2 Å². The molecule has 0 saturated carbocycles. The summed E-state index contributed by atoms with van der Waals surface area (Å²) in [6.07, 6.45) is -0.241. The van der Waals surface area contributed by atoms with E-state index in [1.807, 2.05) is 67.1 Å². The minimum atomic E-state index is -0.241. The molecule has 5 nitrogen and oxygen atoms in total. The van der Waals surface area contributed by atoms with Crippen molar-refractivity contribution >= 4 is 23.4 Å². The monoisotopic (exact) mass is 389 g/mol. The summed E-state index contributed by atoms with van der Waals surface area (Å²) in [5, 5.41) is 10.2. The molecule has 0 aliphatic heterocycles. The third-order valence-corrected chi connectivity index (χ3v) is 5.34. The van der Waals surface area contributed by atoms with Gasteiger partial charge in [0.05, 0.1) is 7.11 Å². The molecule has 0 N–H and O–H groups in total. The summed E-state index contributed by atoms with van der Waals surface area (Å²) in [5.41, 5.74) is 1.07. The number of rotatable bonds is 7. The van der Waals surface area contributed by atoms with Crippen LogP contribution < -0.4 is 9.47 Å². The molecule has 7 heteroatoms. The number of aromatic nitrogens is 3. The molecule has 26 heavy (non-hydrogen) atoms. The van der Waals surface area contributed by atoms with E-state index < -0.39 is 0 Å². The molecule has 1 heterocycles. The maximum Gasteiger partial charge on any atom is 0.191 e. The predicted molar refractivity (Wildman–Crippen MR) is 104 cm³/mol. The fourth-order valence-electron chi connectivity index (χ4n) is 2.49. The second-order valence-electron chi connectivity index (χ2n) is 5.72. The molecule has 0 spiro atoms. The van der Waals surface area contributed by atoms with Gasteiger partial charge in [0.1, 0.15) is 11.5 Å². The van der Waals surface area contributed by atoms with Crippen LogP contribution in [0.5, 0.6) is 11.5 Å². The Morgan fingerprint density at radius 2 is 1.88 bits per heavy atom. The molecular weight excluding hydrogens is 370 g/mol. The van der Waals surface area contributed by atoms with Gasteiger partial charge in [-0.05, 0) is 30.7 Å². The van der Waals surface area contributed by atoms with Crippen LogP contribution >= 0.6 is 23.4 Å². The van der Waals surface area contributed by atoms with E-state index in [0.29, 0.717) is 0 Å². The van der Waals surface area contributed by atoms with Crippen molar-refractivity contribution < 1.29 is 9.47 Å². The molecule has 0 fully saturated rings. The first-order chi connectivity index (χ1) is 12.6. The van der Waals surface area contributed by atoms with E-state index in [2.05, 4.69) is 10.2 Å². The lowest BCUT2D eigenvalue weighted by Gasteiger charge is -2.15. The maximum absolute atomic E-state index is 6.21. The minimum absolute atomic E-state index is 0.241. The van der Waals surface area contributed by atoms with Crippen LogP contribution in [0, 0.1) is 0 Å². The number of hydrogen-bond donors (Lipinski definition) is 0. The van der Waals surface area contributed by atoms with Crippen molar-refractivity contribution in [2.45, 2.75) is 23.9 Å². The standard InChI is InChI=1S/C19H20ClN3O2S/c1-13(25-16-9-6-8-15(11-16)24-3)18-21-22-19(23(18)2)26-12-14-7-4-5-10-17(14)20/h4-11,13H,12H2,1-3H3. The Kier molecular flexibility index (Phi) is 6.06. The predicted octanol–water partition coefficient (Wildman–Crippen LogP) is 4.91. The van der Waals surface area contributed by atoms with Crippen molar-refractivity contribution in [3.8, 4) is 11.5 Å². The van der Waals surface area contributed by atoms with Gasteiger partial charge in [-0.1, -0.05) is 47.6 Å². The average Bonchev–Trinajstić information content (AvgIpc) is 3.02. The summed E-state index contributed by atoms with van der Waals surface area (Å²) in [6.45, 7) is 1.95. The lowest BCUT2D eigenvalue weighted by Crippen LogP contribution is -2.10. The summed E-state index contributed by atoms with van der Waals surface area (Å²) in [7, 11) is 3.57. The lowest BCUT2D eigenvalue weighted by atomic mass is 10.2. The van der Waals surface area contributed by atoms with E-state index in [9.17, 15) is 0 Å². The normalized spacial score (nSPS) is 12.0. The van der Waals surface area contributed by atoms with Crippen LogP contribution in [0.3, 0.4) is 0 Å². The highest BCUT2D eigenvalue weighted by Crippen LogP contribution is 2.28. The molecule has 136 valence electrons. The minimum Gasteiger partial charge on any atom is -0.497 e. The fourth-order valence-corrected chi connectivity index (χ4v) is 3.70. The van der Waals surface area contributed by atoms with Crippen molar-refractivity contribution in [2.75, 3.05) is 7.11 Å². The Balaban J connectivity index is 1.68. The third-order valence-electron chi connectivity index (χ3n) is 3.90. The zero-order valence-electron chi connectivity index (χ0n) is 14.8. The van der Waals surface area contributed by atoms with Gasteiger partial charge < -0.3 is 14.0 Å². The van der Waals surface area contributed by atoms with Gasteiger partial charge in [-0.2, -0.15) is 0 Å². The smallest absolute Gasteiger partial charge is 0.191 e. The van der Waals surface area contributed by atoms with Crippen LogP contribution in [-0.4, -0.2) is 21.9 Å². The Morgan fingerprint density at radius 1 is 1.12 bits per heavy atom. The fraction of sp³-hybridized carbons (Fsp3) is 0.263. The van der Waals surface area contributed by atoms with E-state index in [1.54, 1.807) is 18.9 Å². The van der Waals surface area contributed by atoms with E-state index in [1.165, 1.54) is 0 Å². The van der Waals surface area contributed by atoms with Crippen molar-refractivity contribution in [3.05, 3.63) is 64.9 Å². The molecule has 2 aromatic carbocycles. The second-order valence-corrected chi connectivity index (χ2v) is 7.07. The molecule has 0 aliphatic rings. The summed E-state index contributed by atoms with van der Waals surface area (Å²) >= 11 is 7.81. The van der Waals surface area contributed by atoms with Gasteiger partial charge in [0, 0.05) is 23.9 Å². The second kappa shape index (κ2) is 8.47. The molecule has 0 amide bonds. The van der Waals surface area contributed by atoms with Gasteiger partial charge in [-0.25, -0.2) is 0 Å². The molecule has 0 saturated heterocycles. The van der Waals surface area contributed by atoms with Crippen molar-refractivity contribution in [1.29, 1.82) is 0 Å². The maximum atomic E-state index is 6.21. The molecule has 3 rings (SSSR count). The molecule has 1 aromatic heterocycles. The quantitative estimate of drug-likeness (QED) is 0.537. The van der Waals surface area contributed by atoms with Gasteiger partial charge in [0.25, 0.3) is 0 Å². The Labute approximate surface area is 162 Å². The lowest BCUT2D eigenvalue weighted by molar-refractivity contribution is 0.210. The first kappa shape index (κ1) is 18.6. The van der Waals surface area contributed by atoms with Gasteiger partial charge in [0.2, 0.25) is 0 Å². The van der Waals surface area contributed by atoms with Crippen molar-refractivity contribution in [1.82, 2.24) is 14.8 Å². The number of nitrogens with zero attached hydrogens (tertiary/aromatic N) is 3. The molecule has 0 radical (unpaired) electrons. The van der Waals surface area contributed by atoms with E-state index in [0.717, 1.165) is 38.8 Å². The van der Waals surface area contributed by atoms with Crippen LogP contribution in [0.15, 0.2) is 53.7 Å². The number of methoxy groups -OCH3 is 1.